The predicted octanol–water partition coefficient (Wildman–Crippen LogP) is 2.46. The van der Waals surface area contributed by atoms with Gasteiger partial charge in [0.05, 0.1) is 0 Å². The van der Waals surface area contributed by atoms with Crippen molar-refractivity contribution in [2.24, 2.45) is 0 Å². The molecule has 0 aliphatic heterocycles. The molecule has 1 N–H and O–H groups in total. The maximum Gasteiger partial charge on any atom is 0.304 e. The molecular weight excluding hydrogens is 220 g/mol. The second kappa shape index (κ2) is 3.05. The van der Waals surface area contributed by atoms with Crippen molar-refractivity contribution in [3.8, 4) is 0 Å². The summed E-state index contributed by atoms with van der Waals surface area (Å²) in [6, 6.07) is 7.14. The van der Waals surface area contributed by atoms with Crippen LogP contribution in [0, 0.1) is 6.92 Å². The zero-order chi connectivity index (χ0) is 10.3. The average Bonchev–Trinajstić information content (AvgIpc) is 2.45. The second-order valence-corrected chi connectivity index (χ2v) is 5.81. The van der Waals surface area contributed by atoms with E-state index in [0.29, 0.717) is 0 Å². The van der Waals surface area contributed by atoms with E-state index in [0.717, 1.165) is 27.0 Å². The van der Waals surface area contributed by atoms with Gasteiger partial charge in [-0.25, -0.2) is 0 Å². The average molecular weight is 228 g/mol. The molecule has 2 rings (SSSR count). The summed E-state index contributed by atoms with van der Waals surface area (Å²) in [6.45, 7) is 1.93. The lowest BCUT2D eigenvalue weighted by Gasteiger charge is -1.89. The quantitative estimate of drug-likeness (QED) is 0.763. The van der Waals surface area contributed by atoms with Gasteiger partial charge in [-0.3, -0.25) is 4.55 Å². The van der Waals surface area contributed by atoms with Crippen LogP contribution < -0.4 is 0 Å². The molecule has 0 atom stereocenters. The van der Waals surface area contributed by atoms with Crippen LogP contribution in [0.4, 0.5) is 0 Å². The predicted molar refractivity (Wildman–Crippen MR) is 56.4 cm³/mol. The molecule has 5 heteroatoms. The first-order chi connectivity index (χ1) is 6.47. The highest BCUT2D eigenvalue weighted by Gasteiger charge is 2.13. The summed E-state index contributed by atoms with van der Waals surface area (Å²) in [5.74, 6) is 0. The maximum absolute atomic E-state index is 10.9. The van der Waals surface area contributed by atoms with Crippen molar-refractivity contribution in [1.82, 2.24) is 0 Å². The van der Waals surface area contributed by atoms with Gasteiger partial charge in [0.1, 0.15) is 4.21 Å². The summed E-state index contributed by atoms with van der Waals surface area (Å²) in [6.07, 6.45) is 0. The Balaban J connectivity index is 2.75. The Labute approximate surface area is 85.7 Å². The number of hydrogen-bond donors (Lipinski definition) is 1. The van der Waals surface area contributed by atoms with Gasteiger partial charge in [0, 0.05) is 4.70 Å². The van der Waals surface area contributed by atoms with E-state index in [1.165, 1.54) is 6.07 Å². The van der Waals surface area contributed by atoms with Crippen LogP contribution in [-0.4, -0.2) is 13.0 Å². The fourth-order valence-electron chi connectivity index (χ4n) is 1.27. The van der Waals surface area contributed by atoms with Crippen LogP contribution >= 0.6 is 11.3 Å². The van der Waals surface area contributed by atoms with Crippen LogP contribution in [0.15, 0.2) is 28.5 Å². The highest BCUT2D eigenvalue weighted by molar-refractivity contribution is 7.88. The number of hydrogen-bond acceptors (Lipinski definition) is 3. The van der Waals surface area contributed by atoms with E-state index >= 15 is 0 Å². The number of rotatable bonds is 1. The molecule has 0 fully saturated rings. The third-order valence-corrected chi connectivity index (χ3v) is 4.32. The van der Waals surface area contributed by atoms with Crippen molar-refractivity contribution in [2.45, 2.75) is 11.1 Å². The molecule has 0 saturated carbocycles. The molecule has 3 nitrogen and oxygen atoms in total. The highest BCUT2D eigenvalue weighted by atomic mass is 32.3. The van der Waals surface area contributed by atoms with Crippen LogP contribution in [0.1, 0.15) is 5.56 Å². The van der Waals surface area contributed by atoms with Crippen molar-refractivity contribution < 1.29 is 13.0 Å². The van der Waals surface area contributed by atoms with E-state index in [4.69, 9.17) is 4.55 Å². The normalized spacial score (nSPS) is 12.1. The lowest BCUT2D eigenvalue weighted by Crippen LogP contribution is -1.92. The summed E-state index contributed by atoms with van der Waals surface area (Å²) >= 11 is 1.07. The molecule has 1 aromatic carbocycles. The molecule has 14 heavy (non-hydrogen) atoms. The summed E-state index contributed by atoms with van der Waals surface area (Å²) in [4.78, 5) is 0. The van der Waals surface area contributed by atoms with Crippen LogP contribution in [0.5, 0.6) is 0 Å². The van der Waals surface area contributed by atoms with Gasteiger partial charge in [0.15, 0.2) is 0 Å². The van der Waals surface area contributed by atoms with Gasteiger partial charge in [0.2, 0.25) is 0 Å². The van der Waals surface area contributed by atoms with E-state index in [1.54, 1.807) is 0 Å². The third kappa shape index (κ3) is 1.66. The second-order valence-electron chi connectivity index (χ2n) is 3.08. The molecule has 0 spiro atoms. The van der Waals surface area contributed by atoms with Gasteiger partial charge in [-0.05, 0) is 24.4 Å². The molecule has 0 aliphatic rings. The molecule has 0 amide bonds. The van der Waals surface area contributed by atoms with Gasteiger partial charge >= 0.3 is 10.1 Å². The van der Waals surface area contributed by atoms with E-state index in [-0.39, 0.29) is 4.21 Å². The van der Waals surface area contributed by atoms with Crippen LogP contribution in [-0.2, 0) is 10.1 Å². The molecule has 0 bridgehead atoms. The molecule has 74 valence electrons. The molecular formula is C9H8O3S2. The SMILES string of the molecule is Cc1ccc2sc(S(=O)(=O)O)cc2c1. The van der Waals surface area contributed by atoms with Crippen molar-refractivity contribution in [3.63, 3.8) is 0 Å². The zero-order valence-corrected chi connectivity index (χ0v) is 9.02. The molecule has 0 unspecified atom stereocenters. The fraction of sp³-hybridized carbons (Fsp3) is 0.111. The topological polar surface area (TPSA) is 54.4 Å². The van der Waals surface area contributed by atoms with Crippen LogP contribution in [0.3, 0.4) is 0 Å². The van der Waals surface area contributed by atoms with Crippen LogP contribution in [0.25, 0.3) is 10.1 Å². The van der Waals surface area contributed by atoms with Gasteiger partial charge < -0.3 is 0 Å². The van der Waals surface area contributed by atoms with E-state index in [1.807, 2.05) is 25.1 Å². The Hall–Kier alpha value is -0.910. The van der Waals surface area contributed by atoms with Gasteiger partial charge in [-0.15, -0.1) is 11.3 Å². The Kier molecular flexibility index (Phi) is 2.10. The van der Waals surface area contributed by atoms with Crippen molar-refractivity contribution in [2.75, 3.05) is 0 Å². The lowest BCUT2D eigenvalue weighted by molar-refractivity contribution is 0.485. The monoisotopic (exact) mass is 228 g/mol. The minimum atomic E-state index is -4.06. The van der Waals surface area contributed by atoms with Gasteiger partial charge in [-0.2, -0.15) is 8.42 Å². The Bertz CT molecular complexity index is 581. The Morgan fingerprint density at radius 1 is 1.29 bits per heavy atom. The van der Waals surface area contributed by atoms with Crippen molar-refractivity contribution >= 4 is 31.5 Å². The molecule has 0 radical (unpaired) electrons. The number of benzene rings is 1. The molecule has 0 aliphatic carbocycles. The minimum absolute atomic E-state index is 0.00176. The van der Waals surface area contributed by atoms with E-state index < -0.39 is 10.1 Å². The number of fused-ring (bicyclic) bond motifs is 1. The first kappa shape index (κ1) is 9.64. The van der Waals surface area contributed by atoms with Crippen molar-refractivity contribution in [1.29, 1.82) is 0 Å². The molecule has 1 aromatic heterocycles. The molecule has 0 saturated heterocycles. The maximum atomic E-state index is 10.9. The van der Waals surface area contributed by atoms with E-state index in [2.05, 4.69) is 0 Å². The Morgan fingerprint density at radius 2 is 2.00 bits per heavy atom. The van der Waals surface area contributed by atoms with Gasteiger partial charge in [0.25, 0.3) is 0 Å². The van der Waals surface area contributed by atoms with E-state index in [9.17, 15) is 8.42 Å². The lowest BCUT2D eigenvalue weighted by atomic mass is 10.2. The first-order valence-corrected chi connectivity index (χ1v) is 6.20. The fourth-order valence-corrected chi connectivity index (χ4v) is 3.01. The molecule has 1 heterocycles. The number of aryl methyl sites for hydroxylation is 1. The van der Waals surface area contributed by atoms with Crippen LogP contribution in [0.2, 0.25) is 0 Å². The smallest absolute Gasteiger partial charge is 0.281 e. The highest BCUT2D eigenvalue weighted by Crippen LogP contribution is 2.29. The summed E-state index contributed by atoms with van der Waals surface area (Å²) < 4.78 is 31.4. The Morgan fingerprint density at radius 3 is 2.64 bits per heavy atom. The standard InChI is InChI=1S/C9H8O3S2/c1-6-2-3-8-7(4-6)5-9(13-8)14(10,11)12/h2-5H,1H3,(H,10,11,12). The molecule has 2 aromatic rings. The van der Waals surface area contributed by atoms with Crippen molar-refractivity contribution in [3.05, 3.63) is 29.8 Å². The third-order valence-electron chi connectivity index (χ3n) is 1.90. The minimum Gasteiger partial charge on any atom is -0.281 e. The summed E-state index contributed by atoms with van der Waals surface area (Å²) in [5.41, 5.74) is 1.07. The first-order valence-electron chi connectivity index (χ1n) is 3.94. The zero-order valence-electron chi connectivity index (χ0n) is 7.39. The largest absolute Gasteiger partial charge is 0.304 e. The number of thiophene rings is 1. The summed E-state index contributed by atoms with van der Waals surface area (Å²) in [7, 11) is -4.06. The summed E-state index contributed by atoms with van der Waals surface area (Å²) in [5, 5.41) is 0.850. The van der Waals surface area contributed by atoms with Gasteiger partial charge in [-0.1, -0.05) is 17.7 Å².